The molecule has 1 amide bonds. The fourth-order valence-electron chi connectivity index (χ4n) is 2.74. The van der Waals surface area contributed by atoms with E-state index in [1.54, 1.807) is 21.9 Å². The highest BCUT2D eigenvalue weighted by atomic mass is 79.9. The number of alkyl halides is 3. The van der Waals surface area contributed by atoms with E-state index in [4.69, 9.17) is 16.0 Å². The molecule has 3 rings (SSSR count). The van der Waals surface area contributed by atoms with Gasteiger partial charge in [0.25, 0.3) is 5.91 Å². The summed E-state index contributed by atoms with van der Waals surface area (Å²) in [7, 11) is 0. The average Bonchev–Trinajstić information content (AvgIpc) is 2.87. The first-order chi connectivity index (χ1) is 12.3. The Morgan fingerprint density at radius 1 is 1.23 bits per heavy atom. The Kier molecular flexibility index (Phi) is 5.47. The number of amides is 1. The van der Waals surface area contributed by atoms with Crippen molar-refractivity contribution in [2.45, 2.75) is 12.6 Å². The van der Waals surface area contributed by atoms with Crippen LogP contribution >= 0.6 is 27.5 Å². The van der Waals surface area contributed by atoms with Gasteiger partial charge in [-0.1, -0.05) is 11.6 Å². The first-order valence-corrected chi connectivity index (χ1v) is 8.95. The van der Waals surface area contributed by atoms with Crippen molar-refractivity contribution in [2.24, 2.45) is 0 Å². The highest BCUT2D eigenvalue weighted by Gasteiger charge is 2.32. The molecule has 1 aliphatic rings. The Hall–Kier alpha value is -1.74. The number of aromatic nitrogens is 1. The number of carbonyl (C=O) groups is 1. The number of anilines is 1. The van der Waals surface area contributed by atoms with Gasteiger partial charge in [0, 0.05) is 32.4 Å². The first-order valence-electron chi connectivity index (χ1n) is 7.78. The molecule has 10 heteroatoms. The van der Waals surface area contributed by atoms with E-state index in [1.807, 2.05) is 0 Å². The number of rotatable bonds is 2. The lowest BCUT2D eigenvalue weighted by molar-refractivity contribution is -0.137. The van der Waals surface area contributed by atoms with Crippen LogP contribution in [0.3, 0.4) is 0 Å². The molecule has 1 saturated heterocycles. The quantitative estimate of drug-likeness (QED) is 0.675. The smallest absolute Gasteiger partial charge is 0.417 e. The molecule has 0 aromatic carbocycles. The molecule has 0 radical (unpaired) electrons. The molecule has 26 heavy (non-hydrogen) atoms. The third-order valence-corrected chi connectivity index (χ3v) is 4.72. The van der Waals surface area contributed by atoms with Gasteiger partial charge in [0.1, 0.15) is 5.82 Å². The molecule has 1 aliphatic heterocycles. The van der Waals surface area contributed by atoms with Crippen molar-refractivity contribution in [3.8, 4) is 0 Å². The van der Waals surface area contributed by atoms with Crippen molar-refractivity contribution in [1.82, 2.24) is 9.88 Å². The number of nitrogens with zero attached hydrogens (tertiary/aromatic N) is 3. The minimum atomic E-state index is -4.49. The monoisotopic (exact) mass is 451 g/mol. The fourth-order valence-corrected chi connectivity index (χ4v) is 3.33. The van der Waals surface area contributed by atoms with Crippen molar-refractivity contribution in [1.29, 1.82) is 0 Å². The van der Waals surface area contributed by atoms with Crippen molar-refractivity contribution >= 4 is 39.3 Å². The standard InChI is InChI=1S/C16H14BrClF3N3O2/c17-13-3-2-12(26-13)15(25)24-5-1-4-23(6-7-24)14-11(18)8-10(9-22-14)16(19,20)21/h2-3,8-9H,1,4-7H2. The molecule has 0 bridgehead atoms. The van der Waals surface area contributed by atoms with E-state index in [1.165, 1.54) is 0 Å². The predicted octanol–water partition coefficient (Wildman–Crippen LogP) is 4.46. The maximum Gasteiger partial charge on any atom is 0.417 e. The van der Waals surface area contributed by atoms with Crippen LogP contribution in [0.2, 0.25) is 5.02 Å². The zero-order valence-electron chi connectivity index (χ0n) is 13.4. The average molecular weight is 453 g/mol. The van der Waals surface area contributed by atoms with Crippen LogP contribution in [0.15, 0.2) is 33.5 Å². The summed E-state index contributed by atoms with van der Waals surface area (Å²) in [6.07, 6.45) is -3.09. The molecule has 3 heterocycles. The molecule has 2 aromatic rings. The number of halogens is 5. The second-order valence-electron chi connectivity index (χ2n) is 5.76. The number of carbonyl (C=O) groups excluding carboxylic acids is 1. The van der Waals surface area contributed by atoms with Gasteiger partial charge in [-0.15, -0.1) is 0 Å². The zero-order valence-corrected chi connectivity index (χ0v) is 15.7. The predicted molar refractivity (Wildman–Crippen MR) is 93.4 cm³/mol. The summed E-state index contributed by atoms with van der Waals surface area (Å²) < 4.78 is 44.0. The van der Waals surface area contributed by atoms with E-state index in [9.17, 15) is 18.0 Å². The summed E-state index contributed by atoms with van der Waals surface area (Å²) in [5.41, 5.74) is -0.888. The lowest BCUT2D eigenvalue weighted by Crippen LogP contribution is -2.35. The third kappa shape index (κ3) is 4.15. The molecular formula is C16H14BrClF3N3O2. The number of hydrogen-bond acceptors (Lipinski definition) is 4. The highest BCUT2D eigenvalue weighted by molar-refractivity contribution is 9.10. The van der Waals surface area contributed by atoms with Crippen LogP contribution in [0.4, 0.5) is 19.0 Å². The van der Waals surface area contributed by atoms with Gasteiger partial charge in [-0.2, -0.15) is 13.2 Å². The zero-order chi connectivity index (χ0) is 18.9. The van der Waals surface area contributed by atoms with Gasteiger partial charge in [0.05, 0.1) is 10.6 Å². The minimum Gasteiger partial charge on any atom is -0.444 e. The van der Waals surface area contributed by atoms with Gasteiger partial charge in [0.15, 0.2) is 10.4 Å². The summed E-state index contributed by atoms with van der Waals surface area (Å²) in [6, 6.07) is 4.10. The second kappa shape index (κ2) is 7.48. The van der Waals surface area contributed by atoms with Crippen LogP contribution in [-0.2, 0) is 6.18 Å². The SMILES string of the molecule is O=C(c1ccc(Br)o1)N1CCCN(c2ncc(C(F)(F)F)cc2Cl)CC1. The number of pyridine rings is 1. The molecular weight excluding hydrogens is 439 g/mol. The summed E-state index contributed by atoms with van der Waals surface area (Å²) in [5.74, 6) is 0.287. The van der Waals surface area contributed by atoms with E-state index >= 15 is 0 Å². The topological polar surface area (TPSA) is 49.6 Å². The van der Waals surface area contributed by atoms with Crippen molar-refractivity contribution in [3.05, 3.63) is 45.4 Å². The van der Waals surface area contributed by atoms with Crippen LogP contribution in [0.5, 0.6) is 0 Å². The molecule has 0 aliphatic carbocycles. The maximum atomic E-state index is 12.7. The molecule has 1 fully saturated rings. The molecule has 2 aromatic heterocycles. The van der Waals surface area contributed by atoms with Crippen LogP contribution in [0.1, 0.15) is 22.5 Å². The minimum absolute atomic E-state index is 0.0606. The van der Waals surface area contributed by atoms with Crippen molar-refractivity contribution < 1.29 is 22.4 Å². The van der Waals surface area contributed by atoms with E-state index in [-0.39, 0.29) is 22.5 Å². The van der Waals surface area contributed by atoms with Gasteiger partial charge in [-0.05, 0) is 40.5 Å². The lowest BCUT2D eigenvalue weighted by atomic mass is 10.2. The highest BCUT2D eigenvalue weighted by Crippen LogP contribution is 2.33. The summed E-state index contributed by atoms with van der Waals surface area (Å²) in [4.78, 5) is 19.8. The molecule has 0 saturated carbocycles. The van der Waals surface area contributed by atoms with Crippen LogP contribution in [-0.4, -0.2) is 42.0 Å². The molecule has 0 atom stereocenters. The Balaban J connectivity index is 1.72. The van der Waals surface area contributed by atoms with Crippen LogP contribution < -0.4 is 4.90 Å². The van der Waals surface area contributed by atoms with Crippen molar-refractivity contribution in [3.63, 3.8) is 0 Å². The van der Waals surface area contributed by atoms with Gasteiger partial charge in [0.2, 0.25) is 0 Å². The fraction of sp³-hybridized carbons (Fsp3) is 0.375. The molecule has 0 spiro atoms. The van der Waals surface area contributed by atoms with Crippen LogP contribution in [0.25, 0.3) is 0 Å². The Bertz CT molecular complexity index is 812. The van der Waals surface area contributed by atoms with Crippen LogP contribution in [0, 0.1) is 0 Å². The summed E-state index contributed by atoms with van der Waals surface area (Å²) in [5, 5.41) is -0.0606. The molecule has 5 nitrogen and oxygen atoms in total. The second-order valence-corrected chi connectivity index (χ2v) is 6.95. The molecule has 0 N–H and O–H groups in total. The molecule has 0 unspecified atom stereocenters. The van der Waals surface area contributed by atoms with Gasteiger partial charge in [-0.25, -0.2) is 4.98 Å². The van der Waals surface area contributed by atoms with E-state index in [2.05, 4.69) is 20.9 Å². The summed E-state index contributed by atoms with van der Waals surface area (Å²) >= 11 is 9.17. The van der Waals surface area contributed by atoms with E-state index < -0.39 is 11.7 Å². The Labute approximate surface area is 160 Å². The van der Waals surface area contributed by atoms with E-state index in [0.29, 0.717) is 37.3 Å². The number of hydrogen-bond donors (Lipinski definition) is 0. The molecule has 140 valence electrons. The lowest BCUT2D eigenvalue weighted by Gasteiger charge is -2.23. The Morgan fingerprint density at radius 3 is 2.62 bits per heavy atom. The van der Waals surface area contributed by atoms with Crippen molar-refractivity contribution in [2.75, 3.05) is 31.1 Å². The van der Waals surface area contributed by atoms with E-state index in [0.717, 1.165) is 12.3 Å². The van der Waals surface area contributed by atoms with Gasteiger partial charge >= 0.3 is 6.18 Å². The van der Waals surface area contributed by atoms with Gasteiger partial charge in [-0.3, -0.25) is 4.79 Å². The normalized spacial score (nSPS) is 15.9. The summed E-state index contributed by atoms with van der Waals surface area (Å²) in [6.45, 7) is 1.83. The van der Waals surface area contributed by atoms with Gasteiger partial charge < -0.3 is 14.2 Å². The largest absolute Gasteiger partial charge is 0.444 e. The Morgan fingerprint density at radius 2 is 2.00 bits per heavy atom. The first kappa shape index (κ1) is 19.0. The number of furan rings is 1. The third-order valence-electron chi connectivity index (χ3n) is 4.02. The maximum absolute atomic E-state index is 12.7.